The van der Waals surface area contributed by atoms with Gasteiger partial charge in [0.15, 0.2) is 6.10 Å². The van der Waals surface area contributed by atoms with E-state index in [-0.39, 0.29) is 5.97 Å². The van der Waals surface area contributed by atoms with Gasteiger partial charge in [0.1, 0.15) is 12.4 Å². The molecular weight excluding hydrogens is 314 g/mol. The lowest BCUT2D eigenvalue weighted by Crippen LogP contribution is -2.31. The summed E-state index contributed by atoms with van der Waals surface area (Å²) in [6.07, 6.45) is 8.75. The van der Waals surface area contributed by atoms with Gasteiger partial charge in [-0.25, -0.2) is 4.79 Å². The highest BCUT2D eigenvalue weighted by atomic mass is 16.6. The number of rotatable bonds is 14. The first-order chi connectivity index (χ1) is 12.1. The zero-order valence-corrected chi connectivity index (χ0v) is 16.2. The van der Waals surface area contributed by atoms with Crippen LogP contribution in [0.3, 0.4) is 0 Å². The third kappa shape index (κ3) is 10.8. The molecule has 0 aliphatic carbocycles. The van der Waals surface area contributed by atoms with Crippen molar-refractivity contribution in [1.82, 2.24) is 4.90 Å². The Morgan fingerprint density at radius 3 is 2.28 bits per heavy atom. The molecule has 0 bridgehead atoms. The first-order valence-corrected chi connectivity index (χ1v) is 9.66. The molecule has 0 aromatic heterocycles. The molecule has 0 heterocycles. The van der Waals surface area contributed by atoms with E-state index in [1.54, 1.807) is 0 Å². The summed E-state index contributed by atoms with van der Waals surface area (Å²) < 4.78 is 11.3. The SMILES string of the molecule is CCCCCCCCCC(Oc1ccccc1)C(=O)OCCN(C)C. The maximum absolute atomic E-state index is 12.4. The van der Waals surface area contributed by atoms with Crippen molar-refractivity contribution in [2.75, 3.05) is 27.2 Å². The Balaban J connectivity index is 2.40. The lowest BCUT2D eigenvalue weighted by molar-refractivity contribution is -0.152. The van der Waals surface area contributed by atoms with E-state index in [1.807, 2.05) is 49.3 Å². The van der Waals surface area contributed by atoms with E-state index in [1.165, 1.54) is 32.1 Å². The van der Waals surface area contributed by atoms with Crippen LogP contribution in [0.2, 0.25) is 0 Å². The number of carbonyl (C=O) groups excluding carboxylic acids is 1. The fraction of sp³-hybridized carbons (Fsp3) is 0.667. The minimum absolute atomic E-state index is 0.253. The van der Waals surface area contributed by atoms with Crippen molar-refractivity contribution >= 4 is 5.97 Å². The van der Waals surface area contributed by atoms with Crippen LogP contribution in [0.4, 0.5) is 0 Å². The topological polar surface area (TPSA) is 38.8 Å². The van der Waals surface area contributed by atoms with Crippen molar-refractivity contribution in [1.29, 1.82) is 0 Å². The number of hydrogen-bond donors (Lipinski definition) is 0. The van der Waals surface area contributed by atoms with Crippen LogP contribution in [-0.4, -0.2) is 44.2 Å². The molecular formula is C21H35NO3. The quantitative estimate of drug-likeness (QED) is 0.361. The van der Waals surface area contributed by atoms with Crippen LogP contribution in [0.15, 0.2) is 30.3 Å². The van der Waals surface area contributed by atoms with Gasteiger partial charge in [0.25, 0.3) is 0 Å². The van der Waals surface area contributed by atoms with Gasteiger partial charge in [0.2, 0.25) is 0 Å². The highest BCUT2D eigenvalue weighted by Gasteiger charge is 2.21. The first kappa shape index (κ1) is 21.5. The van der Waals surface area contributed by atoms with Crippen LogP contribution >= 0.6 is 0 Å². The second-order valence-corrected chi connectivity index (χ2v) is 6.80. The molecule has 0 saturated heterocycles. The van der Waals surface area contributed by atoms with Crippen molar-refractivity contribution < 1.29 is 14.3 Å². The summed E-state index contributed by atoms with van der Waals surface area (Å²) in [7, 11) is 3.93. The molecule has 0 aliphatic heterocycles. The number of likely N-dealkylation sites (N-methyl/N-ethyl adjacent to an activating group) is 1. The van der Waals surface area contributed by atoms with E-state index in [0.717, 1.165) is 25.1 Å². The lowest BCUT2D eigenvalue weighted by atomic mass is 10.1. The molecule has 1 aromatic carbocycles. The maximum Gasteiger partial charge on any atom is 0.347 e. The number of esters is 1. The molecule has 0 saturated carbocycles. The van der Waals surface area contributed by atoms with Crippen molar-refractivity contribution in [3.8, 4) is 5.75 Å². The van der Waals surface area contributed by atoms with Gasteiger partial charge in [-0.2, -0.15) is 0 Å². The summed E-state index contributed by atoms with van der Waals surface area (Å²) >= 11 is 0. The average Bonchev–Trinajstić information content (AvgIpc) is 2.60. The normalized spacial score (nSPS) is 12.2. The van der Waals surface area contributed by atoms with E-state index in [9.17, 15) is 4.79 Å². The van der Waals surface area contributed by atoms with Crippen molar-refractivity contribution in [3.05, 3.63) is 30.3 Å². The molecule has 25 heavy (non-hydrogen) atoms. The summed E-state index contributed by atoms with van der Waals surface area (Å²) in [5.41, 5.74) is 0. The van der Waals surface area contributed by atoms with Gasteiger partial charge >= 0.3 is 5.97 Å². The van der Waals surface area contributed by atoms with Gasteiger partial charge in [0.05, 0.1) is 0 Å². The largest absolute Gasteiger partial charge is 0.479 e. The van der Waals surface area contributed by atoms with Crippen molar-refractivity contribution in [2.24, 2.45) is 0 Å². The van der Waals surface area contributed by atoms with Gasteiger partial charge in [-0.1, -0.05) is 63.6 Å². The molecule has 1 atom stereocenters. The van der Waals surface area contributed by atoms with E-state index in [4.69, 9.17) is 9.47 Å². The Kier molecular flexibility index (Phi) is 11.8. The summed E-state index contributed by atoms with van der Waals surface area (Å²) in [6, 6.07) is 9.53. The third-order valence-corrected chi connectivity index (χ3v) is 4.14. The van der Waals surface area contributed by atoms with E-state index >= 15 is 0 Å². The number of nitrogens with zero attached hydrogens (tertiary/aromatic N) is 1. The Morgan fingerprint density at radius 1 is 1.00 bits per heavy atom. The van der Waals surface area contributed by atoms with Gasteiger partial charge < -0.3 is 14.4 Å². The molecule has 1 rings (SSSR count). The summed E-state index contributed by atoms with van der Waals surface area (Å²) in [5.74, 6) is 0.469. The molecule has 1 aromatic rings. The lowest BCUT2D eigenvalue weighted by Gasteiger charge is -2.19. The zero-order valence-electron chi connectivity index (χ0n) is 16.2. The van der Waals surface area contributed by atoms with Crippen LogP contribution in [0.5, 0.6) is 5.75 Å². The predicted molar refractivity (Wildman–Crippen MR) is 103 cm³/mol. The second kappa shape index (κ2) is 13.7. The summed E-state index contributed by atoms with van der Waals surface area (Å²) in [4.78, 5) is 14.4. The Hall–Kier alpha value is -1.55. The van der Waals surface area contributed by atoms with Crippen molar-refractivity contribution in [2.45, 2.75) is 64.4 Å². The molecule has 4 nitrogen and oxygen atoms in total. The number of para-hydroxylation sites is 1. The molecule has 142 valence electrons. The number of benzene rings is 1. The fourth-order valence-electron chi connectivity index (χ4n) is 2.60. The second-order valence-electron chi connectivity index (χ2n) is 6.80. The Labute approximate surface area is 153 Å². The number of ether oxygens (including phenoxy) is 2. The van der Waals surface area contributed by atoms with E-state index < -0.39 is 6.10 Å². The Morgan fingerprint density at radius 2 is 1.64 bits per heavy atom. The first-order valence-electron chi connectivity index (χ1n) is 9.66. The van der Waals surface area contributed by atoms with Crippen LogP contribution in [0.25, 0.3) is 0 Å². The van der Waals surface area contributed by atoms with E-state index in [0.29, 0.717) is 13.0 Å². The Bertz CT molecular complexity index is 448. The minimum Gasteiger partial charge on any atom is -0.479 e. The zero-order chi connectivity index (χ0) is 18.3. The molecule has 0 N–H and O–H groups in total. The van der Waals surface area contributed by atoms with Crippen LogP contribution in [0.1, 0.15) is 58.3 Å². The monoisotopic (exact) mass is 349 g/mol. The van der Waals surface area contributed by atoms with Crippen molar-refractivity contribution in [3.63, 3.8) is 0 Å². The number of hydrogen-bond acceptors (Lipinski definition) is 4. The fourth-order valence-corrected chi connectivity index (χ4v) is 2.60. The third-order valence-electron chi connectivity index (χ3n) is 4.14. The molecule has 0 fully saturated rings. The number of carbonyl (C=O) groups is 1. The maximum atomic E-state index is 12.4. The van der Waals surface area contributed by atoms with Gasteiger partial charge in [-0.15, -0.1) is 0 Å². The smallest absolute Gasteiger partial charge is 0.347 e. The van der Waals surface area contributed by atoms with Gasteiger partial charge in [0, 0.05) is 6.54 Å². The molecule has 0 aliphatic rings. The summed E-state index contributed by atoms with van der Waals surface area (Å²) in [6.45, 7) is 3.35. The molecule has 4 heteroatoms. The van der Waals surface area contributed by atoms with Crippen LogP contribution in [0, 0.1) is 0 Å². The average molecular weight is 350 g/mol. The summed E-state index contributed by atoms with van der Waals surface area (Å²) in [5, 5.41) is 0. The number of unbranched alkanes of at least 4 members (excludes halogenated alkanes) is 6. The van der Waals surface area contributed by atoms with Crippen LogP contribution in [-0.2, 0) is 9.53 Å². The van der Waals surface area contributed by atoms with Gasteiger partial charge in [-0.3, -0.25) is 0 Å². The standard InChI is InChI=1S/C21H35NO3/c1-4-5-6-7-8-9-13-16-20(21(23)24-18-17-22(2)3)25-19-14-11-10-12-15-19/h10-12,14-15,20H,4-9,13,16-18H2,1-3H3. The molecule has 0 amide bonds. The highest BCUT2D eigenvalue weighted by molar-refractivity contribution is 5.75. The van der Waals surface area contributed by atoms with E-state index in [2.05, 4.69) is 6.92 Å². The van der Waals surface area contributed by atoms with Crippen LogP contribution < -0.4 is 4.74 Å². The predicted octanol–water partition coefficient (Wildman–Crippen LogP) is 4.68. The molecule has 0 radical (unpaired) electrons. The highest BCUT2D eigenvalue weighted by Crippen LogP contribution is 2.17. The minimum atomic E-state index is -0.514. The molecule has 1 unspecified atom stereocenters. The molecule has 0 spiro atoms. The van der Waals surface area contributed by atoms with Gasteiger partial charge in [-0.05, 0) is 39.1 Å².